The van der Waals surface area contributed by atoms with Crippen molar-refractivity contribution < 1.29 is 13.9 Å². The molecule has 7 heteroatoms. The highest BCUT2D eigenvalue weighted by Crippen LogP contribution is 2.25. The Balaban J connectivity index is 1.64. The molecule has 1 atom stereocenters. The fraction of sp³-hybridized carbons (Fsp3) is 0.200. The minimum absolute atomic E-state index is 0.173. The summed E-state index contributed by atoms with van der Waals surface area (Å²) in [7, 11) is 0. The van der Waals surface area contributed by atoms with Gasteiger partial charge in [-0.15, -0.1) is 0 Å². The molecular weight excluding hydrogens is 389 g/mol. The SMILES string of the molecule is Cc1cc(=O)oc2cc(OCC(=O)NC(C)c3ccc(Cl)c(Cl)c3)ccc12. The number of rotatable bonds is 5. The average molecular weight is 406 g/mol. The van der Waals surface area contributed by atoms with Crippen molar-refractivity contribution in [1.82, 2.24) is 5.32 Å². The van der Waals surface area contributed by atoms with E-state index in [2.05, 4.69) is 5.32 Å². The fourth-order valence-corrected chi connectivity index (χ4v) is 3.00. The molecule has 0 spiro atoms. The Morgan fingerprint density at radius 3 is 2.67 bits per heavy atom. The number of aryl methyl sites for hydroxylation is 1. The van der Waals surface area contributed by atoms with Gasteiger partial charge in [-0.3, -0.25) is 4.79 Å². The summed E-state index contributed by atoms with van der Waals surface area (Å²) in [5.74, 6) is 0.146. The molecule has 0 aliphatic heterocycles. The average Bonchev–Trinajstić information content (AvgIpc) is 2.61. The predicted molar refractivity (Wildman–Crippen MR) is 106 cm³/mol. The van der Waals surface area contributed by atoms with Crippen LogP contribution in [0, 0.1) is 6.92 Å². The number of halogens is 2. The van der Waals surface area contributed by atoms with Crippen LogP contribution in [0.2, 0.25) is 10.0 Å². The lowest BCUT2D eigenvalue weighted by Gasteiger charge is -2.15. The van der Waals surface area contributed by atoms with Crippen LogP contribution in [0.25, 0.3) is 11.0 Å². The molecule has 0 aliphatic carbocycles. The second-order valence-corrected chi connectivity index (χ2v) is 6.97. The second kappa shape index (κ2) is 8.03. The van der Waals surface area contributed by atoms with Gasteiger partial charge < -0.3 is 14.5 Å². The van der Waals surface area contributed by atoms with E-state index >= 15 is 0 Å². The zero-order valence-corrected chi connectivity index (χ0v) is 16.2. The first kappa shape index (κ1) is 19.3. The van der Waals surface area contributed by atoms with E-state index in [4.69, 9.17) is 32.4 Å². The van der Waals surface area contributed by atoms with Gasteiger partial charge >= 0.3 is 5.63 Å². The largest absolute Gasteiger partial charge is 0.484 e. The van der Waals surface area contributed by atoms with Crippen molar-refractivity contribution in [3.63, 3.8) is 0 Å². The number of hydrogen-bond acceptors (Lipinski definition) is 4. The van der Waals surface area contributed by atoms with Gasteiger partial charge in [0.1, 0.15) is 11.3 Å². The monoisotopic (exact) mass is 405 g/mol. The number of carbonyl (C=O) groups excluding carboxylic acids is 1. The zero-order chi connectivity index (χ0) is 19.6. The van der Waals surface area contributed by atoms with Crippen molar-refractivity contribution in [3.8, 4) is 5.75 Å². The van der Waals surface area contributed by atoms with Crippen LogP contribution in [-0.2, 0) is 4.79 Å². The quantitative estimate of drug-likeness (QED) is 0.626. The minimum Gasteiger partial charge on any atom is -0.484 e. The van der Waals surface area contributed by atoms with E-state index in [1.54, 1.807) is 36.4 Å². The summed E-state index contributed by atoms with van der Waals surface area (Å²) in [6.07, 6.45) is 0. The van der Waals surface area contributed by atoms with Crippen LogP contribution in [0.3, 0.4) is 0 Å². The predicted octanol–water partition coefficient (Wildman–Crippen LogP) is 4.66. The highest BCUT2D eigenvalue weighted by Gasteiger charge is 2.12. The molecule has 0 saturated heterocycles. The summed E-state index contributed by atoms with van der Waals surface area (Å²) < 4.78 is 10.7. The lowest BCUT2D eigenvalue weighted by molar-refractivity contribution is -0.123. The molecule has 2 aromatic carbocycles. The van der Waals surface area contributed by atoms with Gasteiger partial charge in [0.15, 0.2) is 6.61 Å². The molecular formula is C20H17Cl2NO4. The molecule has 1 amide bonds. The molecule has 140 valence electrons. The molecule has 0 bridgehead atoms. The van der Waals surface area contributed by atoms with Crippen molar-refractivity contribution in [1.29, 1.82) is 0 Å². The molecule has 0 aliphatic rings. The summed E-state index contributed by atoms with van der Waals surface area (Å²) >= 11 is 11.9. The van der Waals surface area contributed by atoms with Crippen molar-refractivity contribution >= 4 is 40.1 Å². The maximum absolute atomic E-state index is 12.2. The highest BCUT2D eigenvalue weighted by atomic mass is 35.5. The summed E-state index contributed by atoms with van der Waals surface area (Å²) in [6.45, 7) is 3.50. The maximum atomic E-state index is 12.2. The Bertz CT molecular complexity index is 1060. The topological polar surface area (TPSA) is 68.5 Å². The minimum atomic E-state index is -0.426. The van der Waals surface area contributed by atoms with E-state index < -0.39 is 5.63 Å². The molecule has 3 aromatic rings. The smallest absolute Gasteiger partial charge is 0.336 e. The molecule has 5 nitrogen and oxygen atoms in total. The van der Waals surface area contributed by atoms with Crippen molar-refractivity contribution in [2.75, 3.05) is 6.61 Å². The number of carbonyl (C=O) groups is 1. The van der Waals surface area contributed by atoms with Crippen molar-refractivity contribution in [2.45, 2.75) is 19.9 Å². The van der Waals surface area contributed by atoms with Crippen LogP contribution < -0.4 is 15.7 Å². The van der Waals surface area contributed by atoms with Gasteiger partial charge in [-0.05, 0) is 49.2 Å². The van der Waals surface area contributed by atoms with Crippen molar-refractivity contribution in [3.05, 3.63) is 74.1 Å². The fourth-order valence-electron chi connectivity index (χ4n) is 2.69. The Hall–Kier alpha value is -2.50. The Morgan fingerprint density at radius 2 is 1.93 bits per heavy atom. The molecule has 0 saturated carbocycles. The number of fused-ring (bicyclic) bond motifs is 1. The van der Waals surface area contributed by atoms with Crippen LogP contribution in [0.5, 0.6) is 5.75 Å². The normalized spacial score (nSPS) is 12.0. The molecule has 3 rings (SSSR count). The summed E-state index contributed by atoms with van der Waals surface area (Å²) in [5, 5.41) is 4.54. The Morgan fingerprint density at radius 1 is 1.15 bits per heavy atom. The van der Waals surface area contributed by atoms with Gasteiger partial charge in [-0.1, -0.05) is 29.3 Å². The van der Waals surface area contributed by atoms with E-state index in [1.807, 2.05) is 13.8 Å². The third-order valence-corrected chi connectivity index (χ3v) is 4.85. The maximum Gasteiger partial charge on any atom is 0.336 e. The number of hydrogen-bond donors (Lipinski definition) is 1. The molecule has 27 heavy (non-hydrogen) atoms. The van der Waals surface area contributed by atoms with E-state index in [0.717, 1.165) is 16.5 Å². The Kier molecular flexibility index (Phi) is 5.73. The number of ether oxygens (including phenoxy) is 1. The van der Waals surface area contributed by atoms with Gasteiger partial charge in [0.05, 0.1) is 16.1 Å². The summed E-state index contributed by atoms with van der Waals surface area (Å²) in [6, 6.07) is 11.5. The van der Waals surface area contributed by atoms with Gasteiger partial charge in [0.2, 0.25) is 0 Å². The van der Waals surface area contributed by atoms with Gasteiger partial charge in [0.25, 0.3) is 5.91 Å². The second-order valence-electron chi connectivity index (χ2n) is 6.16. The molecule has 1 unspecified atom stereocenters. The van der Waals surface area contributed by atoms with Gasteiger partial charge in [-0.2, -0.15) is 0 Å². The van der Waals surface area contributed by atoms with Crippen molar-refractivity contribution in [2.24, 2.45) is 0 Å². The Labute approximate surface area is 165 Å². The molecule has 1 heterocycles. The van der Waals surface area contributed by atoms with E-state index in [1.165, 1.54) is 6.07 Å². The van der Waals surface area contributed by atoms with Gasteiger partial charge in [0, 0.05) is 17.5 Å². The first-order chi connectivity index (χ1) is 12.8. The number of benzene rings is 2. The zero-order valence-electron chi connectivity index (χ0n) is 14.7. The molecule has 0 fully saturated rings. The summed E-state index contributed by atoms with van der Waals surface area (Å²) in [5.41, 5.74) is 1.65. The van der Waals surface area contributed by atoms with Crippen LogP contribution in [0.4, 0.5) is 0 Å². The van der Waals surface area contributed by atoms with Crippen LogP contribution in [-0.4, -0.2) is 12.5 Å². The van der Waals surface area contributed by atoms with Gasteiger partial charge in [-0.25, -0.2) is 4.79 Å². The van der Waals surface area contributed by atoms with Crippen LogP contribution in [0.15, 0.2) is 51.7 Å². The van der Waals surface area contributed by atoms with E-state index in [9.17, 15) is 9.59 Å². The first-order valence-corrected chi connectivity index (χ1v) is 9.00. The standard InChI is InChI=1S/C20H17Cl2NO4/c1-11-7-20(25)27-18-9-14(4-5-15(11)18)26-10-19(24)23-12(2)13-3-6-16(21)17(22)8-13/h3-9,12H,10H2,1-2H3,(H,23,24). The lowest BCUT2D eigenvalue weighted by atomic mass is 10.1. The molecule has 0 radical (unpaired) electrons. The molecule has 1 aromatic heterocycles. The van der Waals surface area contributed by atoms with E-state index in [-0.39, 0.29) is 18.6 Å². The number of nitrogens with one attached hydrogen (secondary N) is 1. The third kappa shape index (κ3) is 4.62. The lowest BCUT2D eigenvalue weighted by Crippen LogP contribution is -2.31. The van der Waals surface area contributed by atoms with Crippen LogP contribution >= 0.6 is 23.2 Å². The van der Waals surface area contributed by atoms with E-state index in [0.29, 0.717) is 21.4 Å². The third-order valence-electron chi connectivity index (χ3n) is 4.11. The summed E-state index contributed by atoms with van der Waals surface area (Å²) in [4.78, 5) is 23.6. The number of amides is 1. The first-order valence-electron chi connectivity index (χ1n) is 8.25. The molecule has 1 N–H and O–H groups in total. The highest BCUT2D eigenvalue weighted by molar-refractivity contribution is 6.42. The van der Waals surface area contributed by atoms with Crippen LogP contribution in [0.1, 0.15) is 24.1 Å².